The molecule has 0 aliphatic rings. The summed E-state index contributed by atoms with van der Waals surface area (Å²) in [7, 11) is 1.58. The third-order valence-corrected chi connectivity index (χ3v) is 2.11. The zero-order chi connectivity index (χ0) is 9.14. The molecule has 12 heavy (non-hydrogen) atoms. The van der Waals surface area contributed by atoms with Gasteiger partial charge in [-0.15, -0.1) is 0 Å². The van der Waals surface area contributed by atoms with Gasteiger partial charge in [-0.1, -0.05) is 15.9 Å². The van der Waals surface area contributed by atoms with E-state index in [4.69, 9.17) is 4.74 Å². The van der Waals surface area contributed by atoms with E-state index in [9.17, 15) is 4.39 Å². The minimum Gasteiger partial charge on any atom is -0.496 e. The van der Waals surface area contributed by atoms with Crippen LogP contribution in [0.15, 0.2) is 18.2 Å². The summed E-state index contributed by atoms with van der Waals surface area (Å²) in [6.45, 7) is 1.93. The van der Waals surface area contributed by atoms with E-state index in [1.165, 1.54) is 12.1 Å². The Morgan fingerprint density at radius 2 is 2.17 bits per heavy atom. The number of hydrogen-bond donors (Lipinski definition) is 0. The lowest BCUT2D eigenvalue weighted by molar-refractivity contribution is 0.408. The molecular weight excluding hydrogens is 223 g/mol. The summed E-state index contributed by atoms with van der Waals surface area (Å²) in [6, 6.07) is 4.48. The minimum absolute atomic E-state index is 0.100. The molecule has 3 heteroatoms. The zero-order valence-corrected chi connectivity index (χ0v) is 8.56. The number of halogens is 2. The van der Waals surface area contributed by atoms with Gasteiger partial charge in [-0.25, -0.2) is 4.39 Å². The molecule has 1 aromatic carbocycles. The Labute approximate surface area is 79.7 Å². The van der Waals surface area contributed by atoms with E-state index in [1.807, 2.05) is 6.92 Å². The third-order valence-electron chi connectivity index (χ3n) is 1.62. The van der Waals surface area contributed by atoms with Crippen LogP contribution in [0.5, 0.6) is 5.75 Å². The monoisotopic (exact) mass is 232 g/mol. The van der Waals surface area contributed by atoms with Gasteiger partial charge in [0.1, 0.15) is 11.6 Å². The summed E-state index contributed by atoms with van der Waals surface area (Å²) in [4.78, 5) is 0.100. The molecule has 1 rings (SSSR count). The predicted molar refractivity (Wildman–Crippen MR) is 50.3 cm³/mol. The highest BCUT2D eigenvalue weighted by Crippen LogP contribution is 2.30. The van der Waals surface area contributed by atoms with Gasteiger partial charge in [0.25, 0.3) is 0 Å². The van der Waals surface area contributed by atoms with Crippen LogP contribution < -0.4 is 4.74 Å². The molecular formula is C9H10BrFO. The predicted octanol–water partition coefficient (Wildman–Crippen LogP) is 3.29. The standard InChI is InChI=1S/C9H10BrFO/c1-6(10)8-5-7(11)3-4-9(8)12-2/h3-6H,1-2H3. The van der Waals surface area contributed by atoms with Gasteiger partial charge in [-0.2, -0.15) is 0 Å². The molecule has 0 saturated heterocycles. The zero-order valence-electron chi connectivity index (χ0n) is 6.97. The number of benzene rings is 1. The second kappa shape index (κ2) is 3.90. The average molecular weight is 233 g/mol. The van der Waals surface area contributed by atoms with Crippen molar-refractivity contribution in [3.05, 3.63) is 29.6 Å². The number of methoxy groups -OCH3 is 1. The molecule has 66 valence electrons. The van der Waals surface area contributed by atoms with E-state index in [2.05, 4.69) is 15.9 Å². The smallest absolute Gasteiger partial charge is 0.123 e. The van der Waals surface area contributed by atoms with E-state index in [1.54, 1.807) is 13.2 Å². The van der Waals surface area contributed by atoms with Gasteiger partial charge >= 0.3 is 0 Å². The van der Waals surface area contributed by atoms with Crippen molar-refractivity contribution in [2.75, 3.05) is 7.11 Å². The summed E-state index contributed by atoms with van der Waals surface area (Å²) in [5, 5.41) is 0. The molecule has 0 aromatic heterocycles. The molecule has 0 spiro atoms. The SMILES string of the molecule is COc1ccc(F)cc1C(C)Br. The van der Waals surface area contributed by atoms with E-state index < -0.39 is 0 Å². The molecule has 1 atom stereocenters. The van der Waals surface area contributed by atoms with E-state index in [0.717, 1.165) is 5.56 Å². The van der Waals surface area contributed by atoms with Crippen molar-refractivity contribution in [2.45, 2.75) is 11.8 Å². The quantitative estimate of drug-likeness (QED) is 0.712. The maximum atomic E-state index is 12.8. The van der Waals surface area contributed by atoms with Crippen molar-refractivity contribution >= 4 is 15.9 Å². The van der Waals surface area contributed by atoms with Crippen LogP contribution in [0.3, 0.4) is 0 Å². The molecule has 0 heterocycles. The number of alkyl halides is 1. The van der Waals surface area contributed by atoms with Crippen molar-refractivity contribution in [3.8, 4) is 5.75 Å². The van der Waals surface area contributed by atoms with Crippen LogP contribution in [0.25, 0.3) is 0 Å². The summed E-state index contributed by atoms with van der Waals surface area (Å²) in [5.74, 6) is 0.470. The Hall–Kier alpha value is -0.570. The first-order valence-corrected chi connectivity index (χ1v) is 4.54. The molecule has 0 aliphatic heterocycles. The van der Waals surface area contributed by atoms with E-state index >= 15 is 0 Å². The Kier molecular flexibility index (Phi) is 3.09. The fourth-order valence-corrected chi connectivity index (χ4v) is 1.37. The summed E-state index contributed by atoms with van der Waals surface area (Å²) in [5.41, 5.74) is 0.831. The van der Waals surface area contributed by atoms with Crippen molar-refractivity contribution in [1.29, 1.82) is 0 Å². The molecule has 0 fully saturated rings. The Morgan fingerprint density at radius 1 is 1.50 bits per heavy atom. The molecule has 0 saturated carbocycles. The molecule has 0 amide bonds. The van der Waals surface area contributed by atoms with Crippen molar-refractivity contribution in [1.82, 2.24) is 0 Å². The molecule has 1 nitrogen and oxygen atoms in total. The molecule has 0 N–H and O–H groups in total. The summed E-state index contributed by atoms with van der Waals surface area (Å²) >= 11 is 3.36. The highest BCUT2D eigenvalue weighted by molar-refractivity contribution is 9.09. The van der Waals surface area contributed by atoms with Crippen LogP contribution in [0.4, 0.5) is 4.39 Å². The highest BCUT2D eigenvalue weighted by atomic mass is 79.9. The Bertz CT molecular complexity index is 273. The van der Waals surface area contributed by atoms with Crippen LogP contribution in [0.2, 0.25) is 0 Å². The Morgan fingerprint density at radius 3 is 2.67 bits per heavy atom. The normalized spacial score (nSPS) is 12.7. The second-order valence-electron chi connectivity index (χ2n) is 2.50. The van der Waals surface area contributed by atoms with Gasteiger partial charge < -0.3 is 4.74 Å². The lowest BCUT2D eigenvalue weighted by Crippen LogP contribution is -1.92. The number of hydrogen-bond acceptors (Lipinski definition) is 1. The van der Waals surface area contributed by atoms with Gasteiger partial charge in [0.15, 0.2) is 0 Å². The fraction of sp³-hybridized carbons (Fsp3) is 0.333. The number of ether oxygens (including phenoxy) is 1. The molecule has 0 aliphatic carbocycles. The maximum Gasteiger partial charge on any atom is 0.123 e. The molecule has 1 unspecified atom stereocenters. The largest absolute Gasteiger partial charge is 0.496 e. The van der Waals surface area contributed by atoms with Gasteiger partial charge in [-0.3, -0.25) is 0 Å². The highest BCUT2D eigenvalue weighted by Gasteiger charge is 2.08. The molecule has 1 aromatic rings. The van der Waals surface area contributed by atoms with Gasteiger partial charge in [0, 0.05) is 10.4 Å². The first-order chi connectivity index (χ1) is 5.65. The van der Waals surface area contributed by atoms with Crippen LogP contribution in [-0.4, -0.2) is 7.11 Å². The van der Waals surface area contributed by atoms with Gasteiger partial charge in [-0.05, 0) is 25.1 Å². The summed E-state index contributed by atoms with van der Waals surface area (Å²) < 4.78 is 17.8. The van der Waals surface area contributed by atoms with Crippen molar-refractivity contribution < 1.29 is 9.13 Å². The Balaban J connectivity index is 3.12. The molecule has 0 radical (unpaired) electrons. The third kappa shape index (κ3) is 1.97. The maximum absolute atomic E-state index is 12.8. The van der Waals surface area contributed by atoms with Gasteiger partial charge in [0.2, 0.25) is 0 Å². The lowest BCUT2D eigenvalue weighted by atomic mass is 10.1. The topological polar surface area (TPSA) is 9.23 Å². The summed E-state index contributed by atoms with van der Waals surface area (Å²) in [6.07, 6.45) is 0. The first kappa shape index (κ1) is 9.52. The van der Waals surface area contributed by atoms with Crippen molar-refractivity contribution in [2.24, 2.45) is 0 Å². The average Bonchev–Trinajstić information content (AvgIpc) is 2.04. The van der Waals surface area contributed by atoms with Crippen molar-refractivity contribution in [3.63, 3.8) is 0 Å². The van der Waals surface area contributed by atoms with E-state index in [0.29, 0.717) is 5.75 Å². The van der Waals surface area contributed by atoms with E-state index in [-0.39, 0.29) is 10.6 Å². The number of rotatable bonds is 2. The molecule has 0 bridgehead atoms. The van der Waals surface area contributed by atoms with Crippen LogP contribution in [-0.2, 0) is 0 Å². The van der Waals surface area contributed by atoms with Gasteiger partial charge in [0.05, 0.1) is 7.11 Å². The van der Waals surface area contributed by atoms with Crippen LogP contribution in [0, 0.1) is 5.82 Å². The lowest BCUT2D eigenvalue weighted by Gasteiger charge is -2.09. The minimum atomic E-state index is -0.239. The first-order valence-electron chi connectivity index (χ1n) is 3.62. The van der Waals surface area contributed by atoms with Crippen LogP contribution >= 0.6 is 15.9 Å². The van der Waals surface area contributed by atoms with Crippen LogP contribution in [0.1, 0.15) is 17.3 Å². The second-order valence-corrected chi connectivity index (χ2v) is 3.88. The fourth-order valence-electron chi connectivity index (χ4n) is 1.02.